The Balaban J connectivity index is 2.11. The summed E-state index contributed by atoms with van der Waals surface area (Å²) in [5.74, 6) is 2.65. The third-order valence-electron chi connectivity index (χ3n) is 3.99. The Morgan fingerprint density at radius 1 is 1.30 bits per heavy atom. The summed E-state index contributed by atoms with van der Waals surface area (Å²) in [6.07, 6.45) is 6.33. The normalized spacial score (nSPS) is 23.6. The van der Waals surface area contributed by atoms with Crippen LogP contribution in [0.1, 0.15) is 65.6 Å². The summed E-state index contributed by atoms with van der Waals surface area (Å²) in [5, 5.41) is 0. The SMILES string of the molecule is CCC1CCCC(Oc2cc(N)nc(C(C)(C)C)n2)C1. The predicted octanol–water partition coefficient (Wildman–Crippen LogP) is 3.70. The van der Waals surface area contributed by atoms with Gasteiger partial charge in [0.1, 0.15) is 17.7 Å². The molecule has 1 heterocycles. The summed E-state index contributed by atoms with van der Waals surface area (Å²) in [6, 6.07) is 1.74. The van der Waals surface area contributed by atoms with Crippen LogP contribution in [0, 0.1) is 5.92 Å². The van der Waals surface area contributed by atoms with Crippen molar-refractivity contribution in [3.8, 4) is 5.88 Å². The minimum atomic E-state index is -0.119. The van der Waals surface area contributed by atoms with E-state index in [2.05, 4.69) is 37.7 Å². The minimum Gasteiger partial charge on any atom is -0.474 e. The molecule has 0 bridgehead atoms. The Kier molecular flexibility index (Phi) is 4.51. The number of rotatable bonds is 3. The van der Waals surface area contributed by atoms with E-state index in [0.29, 0.717) is 11.7 Å². The summed E-state index contributed by atoms with van der Waals surface area (Å²) in [4.78, 5) is 8.85. The largest absolute Gasteiger partial charge is 0.474 e. The number of nitrogens with two attached hydrogens (primary N) is 1. The standard InChI is InChI=1S/C16H27N3O/c1-5-11-7-6-8-12(9-11)20-14-10-13(17)18-15(19-14)16(2,3)4/h10-12H,5-9H2,1-4H3,(H2,17,18,19). The molecule has 0 aliphatic heterocycles. The van der Waals surface area contributed by atoms with E-state index in [0.717, 1.165) is 24.6 Å². The van der Waals surface area contributed by atoms with Crippen LogP contribution in [-0.4, -0.2) is 16.1 Å². The lowest BCUT2D eigenvalue weighted by atomic mass is 9.85. The summed E-state index contributed by atoms with van der Waals surface area (Å²) in [6.45, 7) is 8.51. The zero-order valence-electron chi connectivity index (χ0n) is 13.1. The maximum absolute atomic E-state index is 6.07. The molecule has 1 saturated carbocycles. The number of aromatic nitrogens is 2. The molecule has 1 aromatic heterocycles. The van der Waals surface area contributed by atoms with E-state index < -0.39 is 0 Å². The third-order valence-corrected chi connectivity index (χ3v) is 3.99. The molecule has 1 aromatic rings. The van der Waals surface area contributed by atoms with Crippen LogP contribution in [0.3, 0.4) is 0 Å². The van der Waals surface area contributed by atoms with Crippen LogP contribution in [0.2, 0.25) is 0 Å². The molecule has 0 amide bonds. The van der Waals surface area contributed by atoms with E-state index in [4.69, 9.17) is 10.5 Å². The molecule has 2 rings (SSSR count). The lowest BCUT2D eigenvalue weighted by Crippen LogP contribution is -2.26. The van der Waals surface area contributed by atoms with Crippen LogP contribution in [0.15, 0.2) is 6.07 Å². The van der Waals surface area contributed by atoms with Crippen molar-refractivity contribution in [1.29, 1.82) is 0 Å². The van der Waals surface area contributed by atoms with Crippen molar-refractivity contribution in [3.63, 3.8) is 0 Å². The van der Waals surface area contributed by atoms with Gasteiger partial charge in [-0.3, -0.25) is 0 Å². The predicted molar refractivity (Wildman–Crippen MR) is 81.8 cm³/mol. The highest BCUT2D eigenvalue weighted by Crippen LogP contribution is 2.30. The maximum Gasteiger partial charge on any atom is 0.219 e. The monoisotopic (exact) mass is 277 g/mol. The van der Waals surface area contributed by atoms with Gasteiger partial charge in [-0.15, -0.1) is 0 Å². The molecule has 0 radical (unpaired) electrons. The molecule has 1 aliphatic carbocycles. The first-order valence-electron chi connectivity index (χ1n) is 7.70. The summed E-state index contributed by atoms with van der Waals surface area (Å²) in [5.41, 5.74) is 5.76. The van der Waals surface area contributed by atoms with Crippen molar-refractivity contribution >= 4 is 5.82 Å². The van der Waals surface area contributed by atoms with E-state index >= 15 is 0 Å². The Bertz CT molecular complexity index is 454. The van der Waals surface area contributed by atoms with Crippen molar-refractivity contribution in [2.24, 2.45) is 5.92 Å². The Labute approximate surface area is 122 Å². The Morgan fingerprint density at radius 2 is 2.05 bits per heavy atom. The average molecular weight is 277 g/mol. The van der Waals surface area contributed by atoms with Crippen molar-refractivity contribution in [2.45, 2.75) is 71.3 Å². The number of anilines is 1. The van der Waals surface area contributed by atoms with Gasteiger partial charge in [0.2, 0.25) is 5.88 Å². The third kappa shape index (κ3) is 3.84. The molecule has 2 N–H and O–H groups in total. The molecule has 20 heavy (non-hydrogen) atoms. The van der Waals surface area contributed by atoms with Crippen LogP contribution in [0.5, 0.6) is 5.88 Å². The number of hydrogen-bond acceptors (Lipinski definition) is 4. The fraction of sp³-hybridized carbons (Fsp3) is 0.750. The van der Waals surface area contributed by atoms with Gasteiger partial charge in [0.25, 0.3) is 0 Å². The first-order valence-corrected chi connectivity index (χ1v) is 7.70. The molecular formula is C16H27N3O. The average Bonchev–Trinajstić information content (AvgIpc) is 2.37. The quantitative estimate of drug-likeness (QED) is 0.915. The van der Waals surface area contributed by atoms with Gasteiger partial charge in [0, 0.05) is 11.5 Å². The van der Waals surface area contributed by atoms with Gasteiger partial charge < -0.3 is 10.5 Å². The van der Waals surface area contributed by atoms with E-state index in [1.165, 1.54) is 19.3 Å². The highest BCUT2D eigenvalue weighted by atomic mass is 16.5. The number of ether oxygens (including phenoxy) is 1. The molecule has 1 fully saturated rings. The molecule has 112 valence electrons. The van der Waals surface area contributed by atoms with Crippen molar-refractivity contribution in [2.75, 3.05) is 5.73 Å². The second-order valence-corrected chi connectivity index (χ2v) is 6.89. The second-order valence-electron chi connectivity index (χ2n) is 6.89. The fourth-order valence-corrected chi connectivity index (χ4v) is 2.73. The van der Waals surface area contributed by atoms with Crippen LogP contribution in [-0.2, 0) is 5.41 Å². The van der Waals surface area contributed by atoms with Gasteiger partial charge in [-0.2, -0.15) is 4.98 Å². The van der Waals surface area contributed by atoms with Gasteiger partial charge in [-0.1, -0.05) is 40.5 Å². The highest BCUT2D eigenvalue weighted by molar-refractivity contribution is 5.34. The molecule has 2 unspecified atom stereocenters. The van der Waals surface area contributed by atoms with Gasteiger partial charge >= 0.3 is 0 Å². The van der Waals surface area contributed by atoms with E-state index in [-0.39, 0.29) is 11.5 Å². The minimum absolute atomic E-state index is 0.119. The summed E-state index contributed by atoms with van der Waals surface area (Å²) >= 11 is 0. The highest BCUT2D eigenvalue weighted by Gasteiger charge is 2.24. The Morgan fingerprint density at radius 3 is 2.70 bits per heavy atom. The van der Waals surface area contributed by atoms with Crippen molar-refractivity contribution in [3.05, 3.63) is 11.9 Å². The molecule has 0 saturated heterocycles. The topological polar surface area (TPSA) is 61.0 Å². The number of nitrogen functional groups attached to an aromatic ring is 1. The summed E-state index contributed by atoms with van der Waals surface area (Å²) in [7, 11) is 0. The Hall–Kier alpha value is -1.32. The second kappa shape index (κ2) is 5.98. The zero-order chi connectivity index (χ0) is 14.8. The lowest BCUT2D eigenvalue weighted by Gasteiger charge is -2.29. The van der Waals surface area contributed by atoms with Crippen LogP contribution in [0.25, 0.3) is 0 Å². The lowest BCUT2D eigenvalue weighted by molar-refractivity contribution is 0.116. The molecule has 4 heteroatoms. The molecule has 1 aliphatic rings. The fourth-order valence-electron chi connectivity index (χ4n) is 2.73. The molecule has 4 nitrogen and oxygen atoms in total. The van der Waals surface area contributed by atoms with Gasteiger partial charge in [-0.25, -0.2) is 4.98 Å². The molecular weight excluding hydrogens is 250 g/mol. The van der Waals surface area contributed by atoms with E-state index in [1.54, 1.807) is 6.07 Å². The number of hydrogen-bond donors (Lipinski definition) is 1. The van der Waals surface area contributed by atoms with E-state index in [1.807, 2.05) is 0 Å². The van der Waals surface area contributed by atoms with Gasteiger partial charge in [0.05, 0.1) is 0 Å². The zero-order valence-corrected chi connectivity index (χ0v) is 13.1. The van der Waals surface area contributed by atoms with E-state index in [9.17, 15) is 0 Å². The number of nitrogens with zero attached hydrogens (tertiary/aromatic N) is 2. The molecule has 0 spiro atoms. The maximum atomic E-state index is 6.07. The van der Waals surface area contributed by atoms with Gasteiger partial charge in [-0.05, 0) is 25.2 Å². The first kappa shape index (κ1) is 15.1. The summed E-state index contributed by atoms with van der Waals surface area (Å²) < 4.78 is 6.07. The molecule has 2 atom stereocenters. The molecule has 0 aromatic carbocycles. The van der Waals surface area contributed by atoms with Crippen LogP contribution < -0.4 is 10.5 Å². The van der Waals surface area contributed by atoms with Gasteiger partial charge in [0.15, 0.2) is 0 Å². The van der Waals surface area contributed by atoms with Crippen molar-refractivity contribution < 1.29 is 4.74 Å². The first-order chi connectivity index (χ1) is 9.38. The van der Waals surface area contributed by atoms with Crippen LogP contribution >= 0.6 is 0 Å². The van der Waals surface area contributed by atoms with Crippen molar-refractivity contribution in [1.82, 2.24) is 9.97 Å². The van der Waals surface area contributed by atoms with Crippen LogP contribution in [0.4, 0.5) is 5.82 Å². The smallest absolute Gasteiger partial charge is 0.219 e.